The number of thiazole rings is 1. The highest BCUT2D eigenvalue weighted by atomic mass is 32.2. The summed E-state index contributed by atoms with van der Waals surface area (Å²) in [5, 5.41) is 2.91. The lowest BCUT2D eigenvalue weighted by Gasteiger charge is -2.39. The minimum Gasteiger partial charge on any atom is -0.451 e. The van der Waals surface area contributed by atoms with E-state index in [0.717, 1.165) is 16.2 Å². The van der Waals surface area contributed by atoms with Gasteiger partial charge in [-0.1, -0.05) is 66.7 Å². The van der Waals surface area contributed by atoms with E-state index < -0.39 is 56.7 Å². The Hall–Kier alpha value is -5.61. The zero-order valence-corrected chi connectivity index (χ0v) is 27.6. The first-order valence-corrected chi connectivity index (χ1v) is 17.4. The van der Waals surface area contributed by atoms with E-state index in [0.29, 0.717) is 22.5 Å². The van der Waals surface area contributed by atoms with Gasteiger partial charge in [0.1, 0.15) is 11.4 Å². The van der Waals surface area contributed by atoms with Gasteiger partial charge in [-0.2, -0.15) is 4.99 Å². The van der Waals surface area contributed by atoms with Crippen LogP contribution in [0, 0.1) is 0 Å². The van der Waals surface area contributed by atoms with Gasteiger partial charge in [-0.15, -0.1) is 11.3 Å². The third-order valence-electron chi connectivity index (χ3n) is 8.12. The van der Waals surface area contributed by atoms with E-state index in [9.17, 15) is 22.8 Å². The van der Waals surface area contributed by atoms with Crippen molar-refractivity contribution in [2.75, 3.05) is 6.61 Å². The van der Waals surface area contributed by atoms with Crippen LogP contribution in [0.1, 0.15) is 35.5 Å². The van der Waals surface area contributed by atoms with Gasteiger partial charge in [0, 0.05) is 11.6 Å². The molecule has 0 aliphatic carbocycles. The fourth-order valence-electron chi connectivity index (χ4n) is 5.72. The van der Waals surface area contributed by atoms with Crippen molar-refractivity contribution >= 4 is 56.3 Å². The maximum Gasteiger partial charge on any atom is 0.407 e. The average molecular weight is 702 g/mol. The van der Waals surface area contributed by atoms with Gasteiger partial charge >= 0.3 is 12.1 Å². The van der Waals surface area contributed by atoms with E-state index >= 15 is 0 Å². The van der Waals surface area contributed by atoms with Crippen LogP contribution < -0.4 is 16.8 Å². The number of nitrogens with two attached hydrogens (primary N) is 2. The Kier molecular flexibility index (Phi) is 9.16. The highest BCUT2D eigenvalue weighted by molar-refractivity contribution is 7.94. The molecule has 4 heterocycles. The number of hydrogen-bond acceptors (Lipinski definition) is 11. The zero-order chi connectivity index (χ0) is 34.8. The molecule has 2 aromatic heterocycles. The molecule has 0 unspecified atom stereocenters. The van der Waals surface area contributed by atoms with Crippen LogP contribution in [0.25, 0.3) is 6.08 Å². The van der Waals surface area contributed by atoms with Crippen molar-refractivity contribution in [3.63, 3.8) is 0 Å². The van der Waals surface area contributed by atoms with Crippen LogP contribution in [-0.2, 0) is 35.4 Å². The summed E-state index contributed by atoms with van der Waals surface area (Å²) in [6, 6.07) is 21.2. The molecule has 0 radical (unpaired) electrons. The molecule has 2 amide bonds. The van der Waals surface area contributed by atoms with Crippen molar-refractivity contribution in [1.29, 1.82) is 0 Å². The maximum atomic E-state index is 14.3. The second-order valence-corrected chi connectivity index (χ2v) is 14.7. The number of benzene rings is 2. The van der Waals surface area contributed by atoms with Crippen LogP contribution in [0.3, 0.4) is 0 Å². The van der Waals surface area contributed by atoms with Crippen molar-refractivity contribution in [1.82, 2.24) is 20.2 Å². The molecule has 2 aliphatic rings. The molecule has 2 aromatic carbocycles. The number of carbonyl (C=O) groups is 3. The second kappa shape index (κ2) is 13.5. The molecule has 16 heteroatoms. The number of rotatable bonds is 10. The number of β-lactam (4-membered cyclic amide) rings is 1. The van der Waals surface area contributed by atoms with Crippen molar-refractivity contribution < 1.29 is 32.3 Å². The number of alkyl carbamates (subject to hydrolysis) is 1. The van der Waals surface area contributed by atoms with E-state index in [2.05, 4.69) is 20.3 Å². The summed E-state index contributed by atoms with van der Waals surface area (Å²) in [5.41, 5.74) is 12.7. The number of amides is 2. The highest BCUT2D eigenvalue weighted by Crippen LogP contribution is 2.50. The Morgan fingerprint density at radius 2 is 1.71 bits per heavy atom. The molecule has 252 valence electrons. The number of guanidine groups is 1. The number of ether oxygens (including phenoxy) is 2. The van der Waals surface area contributed by atoms with Gasteiger partial charge in [-0.3, -0.25) is 9.78 Å². The summed E-state index contributed by atoms with van der Waals surface area (Å²) in [7, 11) is -4.41. The number of hydrogen-bond donors (Lipinski definition) is 3. The Balaban J connectivity index is 1.29. The Morgan fingerprint density at radius 3 is 2.33 bits per heavy atom. The Labute approximate surface area is 285 Å². The van der Waals surface area contributed by atoms with Crippen molar-refractivity contribution in [3.05, 3.63) is 119 Å². The standard InChI is InChI=1S/C33H31N7O7S2/c1-33(19-46-32(43)37-17-23-18-48-31(38-23)39-30(34)35)26(29(42)47-25(20-10-4-2-5-11-20)21-12-6-3-7-13-21)40-27(41)24(28(40)49(33,44)45)16-22-14-8-9-15-36-22/h2-16,18,25-26,28H,17,19H2,1H3,(H,37,43)(H4,34,35,38,39)/t26-,28+,33-/m0/s1. The van der Waals surface area contributed by atoms with Gasteiger partial charge in [0.15, 0.2) is 33.3 Å². The fourth-order valence-corrected chi connectivity index (χ4v) is 8.70. The molecule has 0 saturated carbocycles. The smallest absolute Gasteiger partial charge is 0.407 e. The summed E-state index contributed by atoms with van der Waals surface area (Å²) in [6.07, 6.45) is 0.987. The number of pyridine rings is 1. The van der Waals surface area contributed by atoms with Gasteiger partial charge in [0.2, 0.25) is 5.13 Å². The van der Waals surface area contributed by atoms with Crippen LogP contribution in [-0.4, -0.2) is 70.0 Å². The molecule has 2 saturated heterocycles. The molecule has 0 bridgehead atoms. The summed E-state index contributed by atoms with van der Waals surface area (Å²) in [6.45, 7) is 0.424. The molecule has 6 rings (SSSR count). The molecule has 3 atom stereocenters. The number of sulfone groups is 1. The number of aliphatic imine (C=N–C) groups is 1. The average Bonchev–Trinajstić information content (AvgIpc) is 3.61. The second-order valence-electron chi connectivity index (χ2n) is 11.4. The molecular weight excluding hydrogens is 671 g/mol. The van der Waals surface area contributed by atoms with Gasteiger partial charge in [-0.05, 0) is 36.3 Å². The molecule has 49 heavy (non-hydrogen) atoms. The Morgan fingerprint density at radius 1 is 1.06 bits per heavy atom. The quantitative estimate of drug-likeness (QED) is 0.0720. The van der Waals surface area contributed by atoms with Crippen molar-refractivity contribution in [2.24, 2.45) is 16.5 Å². The SMILES string of the molecule is C[C@]1(COC(=O)NCc2csc(N=C(N)N)n2)[C@H](C(=O)OC(c2ccccc2)c2ccccc2)N2C(=O)C(=Cc3ccccn3)[C@H]2S1(=O)=O. The topological polar surface area (TPSA) is 209 Å². The summed E-state index contributed by atoms with van der Waals surface area (Å²) in [4.78, 5) is 53.9. The van der Waals surface area contributed by atoms with Crippen LogP contribution >= 0.6 is 11.3 Å². The first kappa shape index (κ1) is 33.3. The van der Waals surface area contributed by atoms with Crippen molar-refractivity contribution in [3.8, 4) is 0 Å². The predicted octanol–water partition coefficient (Wildman–Crippen LogP) is 2.81. The van der Waals surface area contributed by atoms with E-state index in [-0.39, 0.29) is 23.2 Å². The predicted molar refractivity (Wildman–Crippen MR) is 181 cm³/mol. The number of carbonyl (C=O) groups excluding carboxylic acids is 3. The van der Waals surface area contributed by atoms with Crippen molar-refractivity contribution in [2.45, 2.75) is 35.7 Å². The molecule has 5 N–H and O–H groups in total. The molecule has 2 fully saturated rings. The normalized spacial score (nSPS) is 21.5. The minimum absolute atomic E-state index is 0.0625. The van der Waals surface area contributed by atoms with E-state index in [1.54, 1.807) is 72.1 Å². The summed E-state index contributed by atoms with van der Waals surface area (Å²) < 4.78 is 38.1. The largest absolute Gasteiger partial charge is 0.451 e. The van der Waals surface area contributed by atoms with Gasteiger partial charge < -0.3 is 31.2 Å². The third-order valence-corrected chi connectivity index (χ3v) is 11.6. The first-order chi connectivity index (χ1) is 23.5. The molecule has 4 aromatic rings. The minimum atomic E-state index is -4.41. The third kappa shape index (κ3) is 6.47. The summed E-state index contributed by atoms with van der Waals surface area (Å²) in [5.74, 6) is -1.83. The number of esters is 1. The van der Waals surface area contributed by atoms with Crippen LogP contribution in [0.4, 0.5) is 9.93 Å². The lowest BCUT2D eigenvalue weighted by Crippen LogP contribution is -2.60. The highest BCUT2D eigenvalue weighted by Gasteiger charge is 2.73. The number of nitrogens with one attached hydrogen (secondary N) is 1. The van der Waals surface area contributed by atoms with Crippen LogP contribution in [0.5, 0.6) is 0 Å². The monoisotopic (exact) mass is 701 g/mol. The van der Waals surface area contributed by atoms with Gasteiger partial charge in [0.05, 0.1) is 23.5 Å². The molecule has 0 spiro atoms. The Bertz CT molecular complexity index is 2000. The lowest BCUT2D eigenvalue weighted by molar-refractivity contribution is -0.161. The fraction of sp³-hybridized carbons (Fsp3) is 0.212. The number of nitrogens with zero attached hydrogens (tertiary/aromatic N) is 4. The van der Waals surface area contributed by atoms with E-state index in [4.69, 9.17) is 20.9 Å². The molecular formula is C33H31N7O7S2. The van der Waals surface area contributed by atoms with E-state index in [1.165, 1.54) is 19.2 Å². The molecule has 14 nitrogen and oxygen atoms in total. The first-order valence-electron chi connectivity index (χ1n) is 14.9. The number of fused-ring (bicyclic) bond motifs is 1. The van der Waals surface area contributed by atoms with Crippen LogP contribution in [0.2, 0.25) is 0 Å². The lowest BCUT2D eigenvalue weighted by atomic mass is 9.94. The van der Waals surface area contributed by atoms with E-state index in [1.807, 2.05) is 12.1 Å². The molecule has 2 aliphatic heterocycles. The summed E-state index contributed by atoms with van der Waals surface area (Å²) >= 11 is 1.15. The zero-order valence-electron chi connectivity index (χ0n) is 26.0. The van der Waals surface area contributed by atoms with Gasteiger partial charge in [0.25, 0.3) is 5.91 Å². The van der Waals surface area contributed by atoms with Gasteiger partial charge in [-0.25, -0.2) is 23.0 Å². The maximum absolute atomic E-state index is 14.3. The number of aromatic nitrogens is 2. The van der Waals surface area contributed by atoms with Crippen LogP contribution in [0.15, 0.2) is 101 Å².